The summed E-state index contributed by atoms with van der Waals surface area (Å²) in [7, 11) is 0. The molecule has 0 unspecified atom stereocenters. The summed E-state index contributed by atoms with van der Waals surface area (Å²) in [5.74, 6) is -0.527. The number of hydrogen-bond donors (Lipinski definition) is 2. The van der Waals surface area contributed by atoms with Gasteiger partial charge in [0.1, 0.15) is 5.82 Å². The smallest absolute Gasteiger partial charge is 0.226 e. The fourth-order valence-corrected chi connectivity index (χ4v) is 2.69. The molecule has 1 amide bonds. The summed E-state index contributed by atoms with van der Waals surface area (Å²) in [6.45, 7) is 6.43. The van der Waals surface area contributed by atoms with Crippen LogP contribution in [0.15, 0.2) is 30.3 Å². The van der Waals surface area contributed by atoms with Crippen LogP contribution in [-0.4, -0.2) is 12.5 Å². The Bertz CT molecular complexity index is 708. The second kappa shape index (κ2) is 7.47. The average molecular weight is 335 g/mol. The van der Waals surface area contributed by atoms with E-state index < -0.39 is 5.82 Å². The third-order valence-electron chi connectivity index (χ3n) is 3.54. The molecule has 122 valence electrons. The molecule has 0 aliphatic carbocycles. The lowest BCUT2D eigenvalue weighted by Gasteiger charge is -2.13. The first-order valence-corrected chi connectivity index (χ1v) is 7.81. The molecule has 0 spiro atoms. The second-order valence-corrected chi connectivity index (χ2v) is 6.03. The Labute approximate surface area is 140 Å². The van der Waals surface area contributed by atoms with Gasteiger partial charge in [-0.3, -0.25) is 4.79 Å². The Balaban J connectivity index is 1.89. The van der Waals surface area contributed by atoms with Gasteiger partial charge in [-0.05, 0) is 50.1 Å². The van der Waals surface area contributed by atoms with Crippen LogP contribution in [0, 0.1) is 26.6 Å². The highest BCUT2D eigenvalue weighted by Crippen LogP contribution is 2.22. The fourth-order valence-electron chi connectivity index (χ4n) is 2.51. The zero-order valence-corrected chi connectivity index (χ0v) is 14.2. The second-order valence-electron chi connectivity index (χ2n) is 5.63. The molecule has 0 fully saturated rings. The van der Waals surface area contributed by atoms with Gasteiger partial charge >= 0.3 is 0 Å². The molecule has 5 heteroatoms. The van der Waals surface area contributed by atoms with Crippen LogP contribution >= 0.6 is 11.6 Å². The zero-order chi connectivity index (χ0) is 17.0. The Hall–Kier alpha value is -2.07. The van der Waals surface area contributed by atoms with Crippen LogP contribution in [0.1, 0.15) is 23.1 Å². The Morgan fingerprint density at radius 1 is 1.13 bits per heavy atom. The number of aryl methyl sites for hydroxylation is 3. The summed E-state index contributed by atoms with van der Waals surface area (Å²) in [6.07, 6.45) is 0.307. The summed E-state index contributed by atoms with van der Waals surface area (Å²) < 4.78 is 13.1. The maximum absolute atomic E-state index is 13.1. The molecule has 2 N–H and O–H groups in total. The maximum atomic E-state index is 13.1. The van der Waals surface area contributed by atoms with Crippen molar-refractivity contribution in [1.29, 1.82) is 0 Å². The minimum absolute atomic E-state index is 0.0605. The quantitative estimate of drug-likeness (QED) is 0.821. The van der Waals surface area contributed by atoms with Gasteiger partial charge in [-0.25, -0.2) is 4.39 Å². The number of amides is 1. The lowest BCUT2D eigenvalue weighted by atomic mass is 10.1. The summed E-state index contributed by atoms with van der Waals surface area (Å²) >= 11 is 5.72. The topological polar surface area (TPSA) is 41.1 Å². The van der Waals surface area contributed by atoms with Crippen LogP contribution in [0.5, 0.6) is 0 Å². The van der Waals surface area contributed by atoms with E-state index >= 15 is 0 Å². The predicted octanol–water partition coefficient (Wildman–Crippen LogP) is 4.85. The molecular weight excluding hydrogens is 315 g/mol. The average Bonchev–Trinajstić information content (AvgIpc) is 2.46. The molecule has 3 nitrogen and oxygen atoms in total. The van der Waals surface area contributed by atoms with E-state index in [-0.39, 0.29) is 10.9 Å². The Morgan fingerprint density at radius 3 is 2.39 bits per heavy atom. The highest BCUT2D eigenvalue weighted by Gasteiger charge is 2.08. The molecule has 2 rings (SSSR count). The number of carbonyl (C=O) groups excluding carboxylic acids is 1. The van der Waals surface area contributed by atoms with Crippen molar-refractivity contribution in [2.75, 3.05) is 17.2 Å². The first-order chi connectivity index (χ1) is 10.9. The Morgan fingerprint density at radius 2 is 1.78 bits per heavy atom. The number of benzene rings is 2. The monoisotopic (exact) mass is 334 g/mol. The molecule has 0 heterocycles. The predicted molar refractivity (Wildman–Crippen MR) is 93.8 cm³/mol. The third kappa shape index (κ3) is 4.70. The van der Waals surface area contributed by atoms with Crippen LogP contribution in [0.3, 0.4) is 0 Å². The van der Waals surface area contributed by atoms with Crippen molar-refractivity contribution in [1.82, 2.24) is 0 Å². The van der Waals surface area contributed by atoms with Crippen molar-refractivity contribution in [3.8, 4) is 0 Å². The van der Waals surface area contributed by atoms with Crippen LogP contribution in [0.4, 0.5) is 15.8 Å². The normalized spacial score (nSPS) is 10.5. The molecule has 0 radical (unpaired) electrons. The maximum Gasteiger partial charge on any atom is 0.226 e. The molecule has 0 saturated heterocycles. The van der Waals surface area contributed by atoms with Gasteiger partial charge < -0.3 is 10.6 Å². The number of rotatable bonds is 5. The van der Waals surface area contributed by atoms with Crippen molar-refractivity contribution >= 4 is 28.9 Å². The zero-order valence-electron chi connectivity index (χ0n) is 13.5. The number of hydrogen-bond acceptors (Lipinski definition) is 2. The minimum Gasteiger partial charge on any atom is -0.384 e. The van der Waals surface area contributed by atoms with Crippen LogP contribution in [0.2, 0.25) is 5.02 Å². The van der Waals surface area contributed by atoms with E-state index in [9.17, 15) is 9.18 Å². The van der Waals surface area contributed by atoms with E-state index in [1.807, 2.05) is 32.9 Å². The molecule has 0 atom stereocenters. The standard InChI is InChI=1S/C18H20ClFN2O/c1-11-8-12(2)18(13(3)9-11)22-17(23)6-7-21-14-4-5-16(20)15(19)10-14/h4-5,8-10,21H,6-7H2,1-3H3,(H,22,23). The first-order valence-electron chi connectivity index (χ1n) is 7.43. The largest absolute Gasteiger partial charge is 0.384 e. The van der Waals surface area contributed by atoms with E-state index in [0.717, 1.165) is 16.8 Å². The van der Waals surface area contributed by atoms with Crippen molar-refractivity contribution in [2.45, 2.75) is 27.2 Å². The molecule has 0 saturated carbocycles. The highest BCUT2D eigenvalue weighted by molar-refractivity contribution is 6.31. The minimum atomic E-state index is -0.458. The highest BCUT2D eigenvalue weighted by atomic mass is 35.5. The fraction of sp³-hybridized carbons (Fsp3) is 0.278. The summed E-state index contributed by atoms with van der Waals surface area (Å²) in [4.78, 5) is 12.1. The van der Waals surface area contributed by atoms with Gasteiger partial charge in [0.05, 0.1) is 5.02 Å². The number of halogens is 2. The molecule has 0 aromatic heterocycles. The molecule has 2 aromatic rings. The van der Waals surface area contributed by atoms with Crippen molar-refractivity contribution in [3.05, 3.63) is 57.9 Å². The molecule has 2 aromatic carbocycles. The van der Waals surface area contributed by atoms with Crippen LogP contribution < -0.4 is 10.6 Å². The first kappa shape index (κ1) is 17.3. The van der Waals surface area contributed by atoms with E-state index in [2.05, 4.69) is 10.6 Å². The van der Waals surface area contributed by atoms with Gasteiger partial charge in [-0.2, -0.15) is 0 Å². The van der Waals surface area contributed by atoms with E-state index in [1.54, 1.807) is 6.07 Å². The molecule has 0 bridgehead atoms. The van der Waals surface area contributed by atoms with Gasteiger partial charge in [0.25, 0.3) is 0 Å². The molecular formula is C18H20ClFN2O. The third-order valence-corrected chi connectivity index (χ3v) is 3.83. The van der Waals surface area contributed by atoms with Gasteiger partial charge in [0, 0.05) is 24.3 Å². The van der Waals surface area contributed by atoms with Crippen molar-refractivity contribution in [2.24, 2.45) is 0 Å². The summed E-state index contributed by atoms with van der Waals surface area (Å²) in [5, 5.41) is 6.06. The van der Waals surface area contributed by atoms with Gasteiger partial charge in [-0.15, -0.1) is 0 Å². The SMILES string of the molecule is Cc1cc(C)c(NC(=O)CCNc2ccc(F)c(Cl)c2)c(C)c1. The number of carbonyl (C=O) groups is 1. The summed E-state index contributed by atoms with van der Waals surface area (Å²) in [5.41, 5.74) is 4.83. The lowest BCUT2D eigenvalue weighted by molar-refractivity contribution is -0.115. The van der Waals surface area contributed by atoms with Crippen LogP contribution in [-0.2, 0) is 4.79 Å². The van der Waals surface area contributed by atoms with Crippen molar-refractivity contribution < 1.29 is 9.18 Å². The van der Waals surface area contributed by atoms with Gasteiger partial charge in [0.2, 0.25) is 5.91 Å². The van der Waals surface area contributed by atoms with E-state index in [1.165, 1.54) is 17.7 Å². The van der Waals surface area contributed by atoms with E-state index in [0.29, 0.717) is 18.7 Å². The lowest BCUT2D eigenvalue weighted by Crippen LogP contribution is -2.17. The molecule has 23 heavy (non-hydrogen) atoms. The Kier molecular flexibility index (Phi) is 5.61. The summed E-state index contributed by atoms with van der Waals surface area (Å²) in [6, 6.07) is 8.48. The number of anilines is 2. The molecule has 0 aliphatic rings. The molecule has 0 aliphatic heterocycles. The van der Waals surface area contributed by atoms with E-state index in [4.69, 9.17) is 11.6 Å². The number of nitrogens with one attached hydrogen (secondary N) is 2. The van der Waals surface area contributed by atoms with Crippen molar-refractivity contribution in [3.63, 3.8) is 0 Å². The van der Waals surface area contributed by atoms with Gasteiger partial charge in [-0.1, -0.05) is 29.3 Å². The van der Waals surface area contributed by atoms with Gasteiger partial charge in [0.15, 0.2) is 0 Å². The van der Waals surface area contributed by atoms with Crippen LogP contribution in [0.25, 0.3) is 0 Å².